The van der Waals surface area contributed by atoms with Crippen LogP contribution in [0.3, 0.4) is 0 Å². The number of phenolic OH excluding ortho intramolecular Hbond substituents is 1. The second-order valence-corrected chi connectivity index (χ2v) is 5.56. The zero-order valence-corrected chi connectivity index (χ0v) is 12.1. The summed E-state index contributed by atoms with van der Waals surface area (Å²) in [7, 11) is 0. The molecule has 5 nitrogen and oxygen atoms in total. The van der Waals surface area contributed by atoms with Gasteiger partial charge in [-0.3, -0.25) is 0 Å². The van der Waals surface area contributed by atoms with E-state index in [2.05, 4.69) is 10.3 Å². The predicted octanol–water partition coefficient (Wildman–Crippen LogP) is 2.45. The second kappa shape index (κ2) is 5.35. The molecule has 1 aliphatic heterocycles. The summed E-state index contributed by atoms with van der Waals surface area (Å²) in [5.74, 6) is 1.11. The summed E-state index contributed by atoms with van der Waals surface area (Å²) in [4.78, 5) is 4.21. The van der Waals surface area contributed by atoms with Crippen LogP contribution in [-0.4, -0.2) is 33.7 Å². The molecular formula is C17H17N3O2. The minimum atomic E-state index is 0.203. The number of fused-ring (bicyclic) bond motifs is 1. The van der Waals surface area contributed by atoms with Crippen LogP contribution in [0.2, 0.25) is 0 Å². The third-order valence-corrected chi connectivity index (χ3v) is 3.99. The highest BCUT2D eigenvalue weighted by molar-refractivity contribution is 5.71. The second-order valence-electron chi connectivity index (χ2n) is 5.56. The van der Waals surface area contributed by atoms with E-state index in [0.29, 0.717) is 0 Å². The zero-order valence-electron chi connectivity index (χ0n) is 12.1. The molecule has 0 radical (unpaired) electrons. The van der Waals surface area contributed by atoms with E-state index in [1.54, 1.807) is 18.5 Å². The first-order chi connectivity index (χ1) is 10.8. The SMILES string of the molecule is Oc1ccc(-c2cc(O[C@H]3CCNC3)c3cncn3c2)cc1. The van der Waals surface area contributed by atoms with Gasteiger partial charge in [-0.15, -0.1) is 0 Å². The number of benzene rings is 1. The molecule has 0 bridgehead atoms. The number of aromatic hydroxyl groups is 1. The van der Waals surface area contributed by atoms with Crippen molar-refractivity contribution in [2.45, 2.75) is 12.5 Å². The van der Waals surface area contributed by atoms with Crippen molar-refractivity contribution >= 4 is 5.52 Å². The Kier molecular flexibility index (Phi) is 3.20. The molecule has 4 rings (SSSR count). The van der Waals surface area contributed by atoms with Gasteiger partial charge in [0.2, 0.25) is 0 Å². The van der Waals surface area contributed by atoms with Gasteiger partial charge < -0.3 is 19.6 Å². The Bertz CT molecular complexity index is 789. The van der Waals surface area contributed by atoms with E-state index < -0.39 is 0 Å². The molecular weight excluding hydrogens is 278 g/mol. The van der Waals surface area contributed by atoms with Gasteiger partial charge in [-0.25, -0.2) is 4.98 Å². The van der Waals surface area contributed by atoms with Crippen LogP contribution >= 0.6 is 0 Å². The predicted molar refractivity (Wildman–Crippen MR) is 84.2 cm³/mol. The molecule has 3 heterocycles. The van der Waals surface area contributed by atoms with Gasteiger partial charge in [-0.1, -0.05) is 12.1 Å². The van der Waals surface area contributed by atoms with Crippen molar-refractivity contribution in [3.8, 4) is 22.6 Å². The molecule has 2 aromatic heterocycles. The molecule has 0 spiro atoms. The van der Waals surface area contributed by atoms with Crippen LogP contribution in [0.15, 0.2) is 49.1 Å². The van der Waals surface area contributed by atoms with Crippen molar-refractivity contribution in [2.24, 2.45) is 0 Å². The molecule has 22 heavy (non-hydrogen) atoms. The largest absolute Gasteiger partial charge is 0.508 e. The van der Waals surface area contributed by atoms with Crippen molar-refractivity contribution < 1.29 is 9.84 Å². The Morgan fingerprint density at radius 3 is 2.86 bits per heavy atom. The average Bonchev–Trinajstić information content (AvgIpc) is 3.19. The maximum atomic E-state index is 9.44. The van der Waals surface area contributed by atoms with Crippen LogP contribution in [0, 0.1) is 0 Å². The number of ether oxygens (including phenoxy) is 1. The number of nitrogens with one attached hydrogen (secondary N) is 1. The fourth-order valence-corrected chi connectivity index (χ4v) is 2.82. The third kappa shape index (κ3) is 2.40. The van der Waals surface area contributed by atoms with E-state index in [9.17, 15) is 5.11 Å². The molecule has 1 saturated heterocycles. The lowest BCUT2D eigenvalue weighted by molar-refractivity contribution is 0.225. The smallest absolute Gasteiger partial charge is 0.146 e. The molecule has 1 atom stereocenters. The topological polar surface area (TPSA) is 58.8 Å². The molecule has 0 aliphatic carbocycles. The third-order valence-electron chi connectivity index (χ3n) is 3.99. The van der Waals surface area contributed by atoms with Gasteiger partial charge in [-0.2, -0.15) is 0 Å². The molecule has 0 amide bonds. The molecule has 112 valence electrons. The maximum Gasteiger partial charge on any atom is 0.146 e. The quantitative estimate of drug-likeness (QED) is 0.779. The summed E-state index contributed by atoms with van der Waals surface area (Å²) in [5.41, 5.74) is 3.03. The van der Waals surface area contributed by atoms with Gasteiger partial charge in [0.1, 0.15) is 23.1 Å². The van der Waals surface area contributed by atoms with Crippen molar-refractivity contribution in [2.75, 3.05) is 13.1 Å². The number of nitrogens with zero attached hydrogens (tertiary/aromatic N) is 2. The standard InChI is InChI=1S/C17H17N3O2/c21-14-3-1-12(2-4-14)13-7-17(22-15-5-6-18-8-15)16-9-19-11-20(16)10-13/h1-4,7,9-11,15,18,21H,5-6,8H2/t15-/m0/s1. The van der Waals surface area contributed by atoms with E-state index >= 15 is 0 Å². The number of phenols is 1. The number of hydrogen-bond donors (Lipinski definition) is 2. The molecule has 3 aromatic rings. The molecule has 2 N–H and O–H groups in total. The van der Waals surface area contributed by atoms with Crippen molar-refractivity contribution in [3.05, 3.63) is 49.1 Å². The maximum absolute atomic E-state index is 9.44. The Labute approximate surface area is 128 Å². The summed E-state index contributed by atoms with van der Waals surface area (Å²) in [6, 6.07) is 9.22. The van der Waals surface area contributed by atoms with E-state index in [-0.39, 0.29) is 11.9 Å². The number of hydrogen-bond acceptors (Lipinski definition) is 4. The molecule has 1 fully saturated rings. The zero-order chi connectivity index (χ0) is 14.9. The highest BCUT2D eigenvalue weighted by Gasteiger charge is 2.18. The fraction of sp³-hybridized carbons (Fsp3) is 0.235. The lowest BCUT2D eigenvalue weighted by Gasteiger charge is -2.15. The highest BCUT2D eigenvalue weighted by Crippen LogP contribution is 2.30. The van der Waals surface area contributed by atoms with E-state index in [1.165, 1.54) is 0 Å². The van der Waals surface area contributed by atoms with Gasteiger partial charge >= 0.3 is 0 Å². The summed E-state index contributed by atoms with van der Waals surface area (Å²) in [6.45, 7) is 1.88. The molecule has 0 saturated carbocycles. The normalized spacial score (nSPS) is 17.9. The lowest BCUT2D eigenvalue weighted by Crippen LogP contribution is -2.19. The van der Waals surface area contributed by atoms with Crippen molar-refractivity contribution in [1.82, 2.24) is 14.7 Å². The Morgan fingerprint density at radius 2 is 2.09 bits per heavy atom. The van der Waals surface area contributed by atoms with Gasteiger partial charge in [0.15, 0.2) is 0 Å². The van der Waals surface area contributed by atoms with Crippen molar-refractivity contribution in [1.29, 1.82) is 0 Å². The summed E-state index contributed by atoms with van der Waals surface area (Å²) in [5, 5.41) is 12.8. The number of imidazole rings is 1. The van der Waals surface area contributed by atoms with Crippen LogP contribution in [0.5, 0.6) is 11.5 Å². The van der Waals surface area contributed by atoms with E-state index in [4.69, 9.17) is 4.74 Å². The van der Waals surface area contributed by atoms with Crippen molar-refractivity contribution in [3.63, 3.8) is 0 Å². The molecule has 1 aromatic carbocycles. The molecule has 0 unspecified atom stereocenters. The van der Waals surface area contributed by atoms with Crippen LogP contribution < -0.4 is 10.1 Å². The summed E-state index contributed by atoms with van der Waals surface area (Å²) < 4.78 is 8.13. The first kappa shape index (κ1) is 13.2. The minimum absolute atomic E-state index is 0.203. The van der Waals surface area contributed by atoms with E-state index in [0.717, 1.165) is 41.9 Å². The van der Waals surface area contributed by atoms with Crippen LogP contribution in [0.4, 0.5) is 0 Å². The van der Waals surface area contributed by atoms with Gasteiger partial charge in [0, 0.05) is 18.3 Å². The van der Waals surface area contributed by atoms with Gasteiger partial charge in [0.05, 0.1) is 12.5 Å². The first-order valence-corrected chi connectivity index (χ1v) is 7.42. The first-order valence-electron chi connectivity index (χ1n) is 7.42. The van der Waals surface area contributed by atoms with Crippen LogP contribution in [0.25, 0.3) is 16.6 Å². The Hall–Kier alpha value is -2.53. The number of pyridine rings is 1. The monoisotopic (exact) mass is 295 g/mol. The average molecular weight is 295 g/mol. The summed E-state index contributed by atoms with van der Waals surface area (Å²) in [6.07, 6.45) is 6.84. The van der Waals surface area contributed by atoms with Gasteiger partial charge in [0.25, 0.3) is 0 Å². The Balaban J connectivity index is 1.77. The van der Waals surface area contributed by atoms with E-state index in [1.807, 2.05) is 35.0 Å². The number of rotatable bonds is 3. The highest BCUT2D eigenvalue weighted by atomic mass is 16.5. The molecule has 1 aliphatic rings. The lowest BCUT2D eigenvalue weighted by atomic mass is 10.1. The minimum Gasteiger partial charge on any atom is -0.508 e. The van der Waals surface area contributed by atoms with Crippen LogP contribution in [0.1, 0.15) is 6.42 Å². The number of aromatic nitrogens is 2. The van der Waals surface area contributed by atoms with Crippen LogP contribution in [-0.2, 0) is 0 Å². The summed E-state index contributed by atoms with van der Waals surface area (Å²) >= 11 is 0. The fourth-order valence-electron chi connectivity index (χ4n) is 2.82. The van der Waals surface area contributed by atoms with Gasteiger partial charge in [-0.05, 0) is 36.7 Å². The Morgan fingerprint density at radius 1 is 1.23 bits per heavy atom. The molecule has 5 heteroatoms.